The van der Waals surface area contributed by atoms with Gasteiger partial charge in [0.25, 0.3) is 10.0 Å². The molecule has 0 unspecified atom stereocenters. The highest BCUT2D eigenvalue weighted by molar-refractivity contribution is 7.92. The quantitative estimate of drug-likeness (QED) is 0.783. The lowest BCUT2D eigenvalue weighted by atomic mass is 10.4. The number of carboxylic acids is 1. The minimum absolute atomic E-state index is 0.0221. The number of rotatable bonds is 4. The summed E-state index contributed by atoms with van der Waals surface area (Å²) >= 11 is 0. The Morgan fingerprint density at radius 1 is 1.47 bits per heavy atom. The highest BCUT2D eigenvalue weighted by Crippen LogP contribution is 2.21. The van der Waals surface area contributed by atoms with E-state index in [4.69, 9.17) is 5.11 Å². The number of aromatic carboxylic acids is 1. The summed E-state index contributed by atoms with van der Waals surface area (Å²) in [6.45, 7) is 1.65. The van der Waals surface area contributed by atoms with Gasteiger partial charge in [-0.3, -0.25) is 4.72 Å². The predicted octanol–water partition coefficient (Wildman–Crippen LogP) is 1.16. The Bertz CT molecular complexity index is 727. The molecular weight excluding hydrogens is 270 g/mol. The molecule has 0 radical (unpaired) electrons. The van der Waals surface area contributed by atoms with Gasteiger partial charge in [-0.05, 0) is 19.1 Å². The second kappa shape index (κ2) is 4.47. The fourth-order valence-electron chi connectivity index (χ4n) is 1.68. The van der Waals surface area contributed by atoms with Gasteiger partial charge < -0.3 is 14.7 Å². The second-order valence-corrected chi connectivity index (χ2v) is 5.85. The molecule has 0 fully saturated rings. The van der Waals surface area contributed by atoms with E-state index in [1.54, 1.807) is 24.7 Å². The Kier molecular flexibility index (Phi) is 3.11. The molecule has 0 amide bonds. The number of aryl methyl sites for hydroxylation is 2. The molecule has 2 heterocycles. The Hall–Kier alpha value is -2.22. The molecule has 102 valence electrons. The average molecular weight is 283 g/mol. The minimum Gasteiger partial charge on any atom is -0.477 e. The minimum atomic E-state index is -3.79. The van der Waals surface area contributed by atoms with Crippen LogP contribution in [0.3, 0.4) is 0 Å². The van der Waals surface area contributed by atoms with E-state index in [-0.39, 0.29) is 16.3 Å². The van der Waals surface area contributed by atoms with Gasteiger partial charge in [-0.15, -0.1) is 0 Å². The van der Waals surface area contributed by atoms with E-state index in [1.165, 1.54) is 18.3 Å². The summed E-state index contributed by atoms with van der Waals surface area (Å²) in [5.74, 6) is -1.22. The first-order valence-corrected chi connectivity index (χ1v) is 6.85. The Morgan fingerprint density at radius 2 is 2.16 bits per heavy atom. The van der Waals surface area contributed by atoms with Gasteiger partial charge in [-0.1, -0.05) is 0 Å². The number of hydrogen-bond acceptors (Lipinski definition) is 3. The molecule has 0 atom stereocenters. The van der Waals surface area contributed by atoms with Crippen LogP contribution in [0.4, 0.5) is 5.69 Å². The monoisotopic (exact) mass is 283 g/mol. The highest BCUT2D eigenvalue weighted by atomic mass is 32.2. The molecule has 0 saturated carbocycles. The molecule has 0 bridgehead atoms. The summed E-state index contributed by atoms with van der Waals surface area (Å²) in [4.78, 5) is 13.7. The van der Waals surface area contributed by atoms with Crippen molar-refractivity contribution in [3.63, 3.8) is 0 Å². The summed E-state index contributed by atoms with van der Waals surface area (Å²) in [5, 5.41) is 8.98. The summed E-state index contributed by atoms with van der Waals surface area (Å²) in [6.07, 6.45) is 3.03. The molecule has 0 aliphatic carbocycles. The van der Waals surface area contributed by atoms with Crippen LogP contribution in [0.25, 0.3) is 0 Å². The number of anilines is 1. The predicted molar refractivity (Wildman–Crippen MR) is 68.7 cm³/mol. The van der Waals surface area contributed by atoms with Crippen molar-refractivity contribution in [3.8, 4) is 0 Å². The van der Waals surface area contributed by atoms with Crippen LogP contribution in [-0.2, 0) is 17.1 Å². The van der Waals surface area contributed by atoms with Crippen LogP contribution >= 0.6 is 0 Å². The number of H-pyrrole nitrogens is 1. The van der Waals surface area contributed by atoms with Crippen LogP contribution in [0.15, 0.2) is 29.4 Å². The third-order valence-electron chi connectivity index (χ3n) is 2.53. The zero-order valence-corrected chi connectivity index (χ0v) is 11.2. The van der Waals surface area contributed by atoms with E-state index < -0.39 is 16.0 Å². The van der Waals surface area contributed by atoms with Crippen LogP contribution in [0.5, 0.6) is 0 Å². The Labute approximate surface area is 109 Å². The standard InChI is InChI=1S/C11H13N3O4S/c1-7-5-9(10(12-7)11(15)16)13-19(17,18)8-3-4-14(2)6-8/h3-6,12-13H,1-2H3,(H,15,16). The number of sulfonamides is 1. The smallest absolute Gasteiger partial charge is 0.354 e. The van der Waals surface area contributed by atoms with Crippen LogP contribution in [-0.4, -0.2) is 29.0 Å². The van der Waals surface area contributed by atoms with Crippen molar-refractivity contribution < 1.29 is 18.3 Å². The van der Waals surface area contributed by atoms with Gasteiger partial charge in [0.1, 0.15) is 10.6 Å². The molecule has 2 aromatic heterocycles. The molecule has 8 heteroatoms. The zero-order chi connectivity index (χ0) is 14.2. The van der Waals surface area contributed by atoms with Crippen LogP contribution in [0.1, 0.15) is 16.2 Å². The van der Waals surface area contributed by atoms with Crippen molar-refractivity contribution in [1.29, 1.82) is 0 Å². The van der Waals surface area contributed by atoms with Crippen molar-refractivity contribution in [2.45, 2.75) is 11.8 Å². The van der Waals surface area contributed by atoms with Crippen molar-refractivity contribution in [3.05, 3.63) is 35.9 Å². The van der Waals surface area contributed by atoms with Gasteiger partial charge in [-0.25, -0.2) is 13.2 Å². The lowest BCUT2D eigenvalue weighted by Crippen LogP contribution is -2.14. The van der Waals surface area contributed by atoms with Crippen molar-refractivity contribution >= 4 is 21.7 Å². The molecule has 2 rings (SSSR count). The van der Waals surface area contributed by atoms with E-state index in [1.807, 2.05) is 0 Å². The van der Waals surface area contributed by atoms with Crippen LogP contribution in [0, 0.1) is 6.92 Å². The van der Waals surface area contributed by atoms with Gasteiger partial charge in [-0.2, -0.15) is 0 Å². The van der Waals surface area contributed by atoms with Gasteiger partial charge in [0.05, 0.1) is 5.69 Å². The third-order valence-corrected chi connectivity index (χ3v) is 3.88. The molecular formula is C11H13N3O4S. The fourth-order valence-corrected chi connectivity index (χ4v) is 2.79. The van der Waals surface area contributed by atoms with Crippen molar-refractivity contribution in [2.24, 2.45) is 7.05 Å². The van der Waals surface area contributed by atoms with Crippen molar-refractivity contribution in [2.75, 3.05) is 4.72 Å². The van der Waals surface area contributed by atoms with Gasteiger partial charge in [0.15, 0.2) is 0 Å². The molecule has 2 aromatic rings. The summed E-state index contributed by atoms with van der Waals surface area (Å²) in [7, 11) is -2.09. The average Bonchev–Trinajstić information content (AvgIpc) is 2.85. The van der Waals surface area contributed by atoms with Gasteiger partial charge in [0.2, 0.25) is 0 Å². The summed E-state index contributed by atoms with van der Waals surface area (Å²) in [5.41, 5.74) is 0.397. The number of nitrogens with zero attached hydrogens (tertiary/aromatic N) is 1. The molecule has 0 aliphatic heterocycles. The second-order valence-electron chi connectivity index (χ2n) is 4.16. The summed E-state index contributed by atoms with van der Waals surface area (Å²) in [6, 6.07) is 2.87. The Morgan fingerprint density at radius 3 is 2.68 bits per heavy atom. The third kappa shape index (κ3) is 2.63. The van der Waals surface area contributed by atoms with Crippen LogP contribution in [0.2, 0.25) is 0 Å². The Balaban J connectivity index is 2.38. The van der Waals surface area contributed by atoms with Crippen LogP contribution < -0.4 is 4.72 Å². The molecule has 3 N–H and O–H groups in total. The van der Waals surface area contributed by atoms with E-state index >= 15 is 0 Å². The number of hydrogen-bond donors (Lipinski definition) is 3. The van der Waals surface area contributed by atoms with Gasteiger partial charge in [0, 0.05) is 25.1 Å². The maximum Gasteiger partial charge on any atom is 0.354 e. The fraction of sp³-hybridized carbons (Fsp3) is 0.182. The maximum absolute atomic E-state index is 12.1. The number of aromatic nitrogens is 2. The molecule has 0 aliphatic rings. The lowest BCUT2D eigenvalue weighted by Gasteiger charge is -2.05. The first-order chi connectivity index (χ1) is 8.79. The summed E-state index contributed by atoms with van der Waals surface area (Å²) < 4.78 is 28.0. The van der Waals surface area contributed by atoms with E-state index in [9.17, 15) is 13.2 Å². The topological polar surface area (TPSA) is 104 Å². The number of nitrogens with one attached hydrogen (secondary N) is 2. The molecule has 0 spiro atoms. The van der Waals surface area contributed by atoms with Gasteiger partial charge >= 0.3 is 5.97 Å². The van der Waals surface area contributed by atoms with E-state index in [0.717, 1.165) is 0 Å². The number of carbonyl (C=O) groups is 1. The normalized spacial score (nSPS) is 11.5. The first-order valence-electron chi connectivity index (χ1n) is 5.37. The zero-order valence-electron chi connectivity index (χ0n) is 10.3. The molecule has 7 nitrogen and oxygen atoms in total. The molecule has 0 saturated heterocycles. The first kappa shape index (κ1) is 13.2. The van der Waals surface area contributed by atoms with Crippen molar-refractivity contribution in [1.82, 2.24) is 9.55 Å². The SMILES string of the molecule is Cc1cc(NS(=O)(=O)c2ccn(C)c2)c(C(=O)O)[nH]1. The molecule has 0 aromatic carbocycles. The van der Waals surface area contributed by atoms with E-state index in [2.05, 4.69) is 9.71 Å². The lowest BCUT2D eigenvalue weighted by molar-refractivity contribution is 0.0692. The van der Waals surface area contributed by atoms with E-state index in [0.29, 0.717) is 5.69 Å². The number of carboxylic acid groups (broad SMARTS) is 1. The largest absolute Gasteiger partial charge is 0.477 e. The highest BCUT2D eigenvalue weighted by Gasteiger charge is 2.20. The maximum atomic E-state index is 12.1. The molecule has 19 heavy (non-hydrogen) atoms. The number of aromatic amines is 1.